The second kappa shape index (κ2) is 8.24. The van der Waals surface area contributed by atoms with Gasteiger partial charge in [0, 0.05) is 69.3 Å². The van der Waals surface area contributed by atoms with Crippen molar-refractivity contribution < 1.29 is 4.79 Å². The number of nitriles is 1. The molecule has 2 aliphatic rings. The van der Waals surface area contributed by atoms with Crippen LogP contribution in [0.5, 0.6) is 0 Å². The fourth-order valence-corrected chi connectivity index (χ4v) is 3.32. The van der Waals surface area contributed by atoms with Crippen LogP contribution < -0.4 is 10.2 Å². The number of amides is 1. The van der Waals surface area contributed by atoms with Gasteiger partial charge in [0.25, 0.3) is 5.91 Å². The van der Waals surface area contributed by atoms with Crippen LogP contribution in [0.25, 0.3) is 0 Å². The number of carbonyl (C=O) groups excluding carboxylic acids is 1. The van der Waals surface area contributed by atoms with Crippen molar-refractivity contribution in [3.05, 3.63) is 41.1 Å². The van der Waals surface area contributed by atoms with Crippen molar-refractivity contribution in [1.29, 1.82) is 5.26 Å². The van der Waals surface area contributed by atoms with Gasteiger partial charge in [-0.1, -0.05) is 17.7 Å². The van der Waals surface area contributed by atoms with Crippen LogP contribution >= 0.6 is 11.6 Å². The maximum absolute atomic E-state index is 12.5. The van der Waals surface area contributed by atoms with Gasteiger partial charge in [0.1, 0.15) is 11.6 Å². The first-order chi connectivity index (χ1) is 12.2. The molecule has 0 aromatic heterocycles. The third-order valence-electron chi connectivity index (χ3n) is 4.55. The Balaban J connectivity index is 1.60. The Morgan fingerprint density at radius 3 is 2.52 bits per heavy atom. The van der Waals surface area contributed by atoms with Crippen molar-refractivity contribution in [2.75, 3.05) is 57.3 Å². The van der Waals surface area contributed by atoms with Crippen LogP contribution in [-0.4, -0.2) is 68.1 Å². The molecule has 6 nitrogen and oxygen atoms in total. The summed E-state index contributed by atoms with van der Waals surface area (Å²) in [4.78, 5) is 18.5. The molecule has 2 heterocycles. The summed E-state index contributed by atoms with van der Waals surface area (Å²) >= 11 is 6.06. The van der Waals surface area contributed by atoms with Gasteiger partial charge in [0.15, 0.2) is 0 Å². The first kappa shape index (κ1) is 17.6. The van der Waals surface area contributed by atoms with Crippen molar-refractivity contribution >= 4 is 23.2 Å². The number of carbonyl (C=O) groups is 1. The van der Waals surface area contributed by atoms with E-state index in [2.05, 4.69) is 21.2 Å². The van der Waals surface area contributed by atoms with E-state index in [1.807, 2.05) is 24.3 Å². The first-order valence-electron chi connectivity index (χ1n) is 8.54. The zero-order valence-electron chi connectivity index (χ0n) is 14.1. The molecule has 3 rings (SSSR count). The monoisotopic (exact) mass is 359 g/mol. The van der Waals surface area contributed by atoms with Crippen LogP contribution in [0.4, 0.5) is 5.69 Å². The molecule has 1 amide bonds. The van der Waals surface area contributed by atoms with Crippen molar-refractivity contribution in [2.45, 2.75) is 0 Å². The van der Waals surface area contributed by atoms with Crippen LogP contribution in [-0.2, 0) is 4.79 Å². The molecule has 0 radical (unpaired) electrons. The third kappa shape index (κ3) is 4.44. The average molecular weight is 360 g/mol. The lowest BCUT2D eigenvalue weighted by Gasteiger charge is -2.36. The van der Waals surface area contributed by atoms with E-state index < -0.39 is 0 Å². The smallest absolute Gasteiger partial charge is 0.266 e. The molecule has 1 aromatic carbocycles. The molecule has 0 aliphatic carbocycles. The number of benzene rings is 1. The van der Waals surface area contributed by atoms with Crippen LogP contribution in [0.3, 0.4) is 0 Å². The number of piperazine rings is 2. The molecule has 0 atom stereocenters. The molecule has 1 aromatic rings. The van der Waals surface area contributed by atoms with Crippen molar-refractivity contribution in [1.82, 2.24) is 15.1 Å². The summed E-state index contributed by atoms with van der Waals surface area (Å²) in [5.74, 6) is -0.165. The highest BCUT2D eigenvalue weighted by Gasteiger charge is 2.22. The molecular weight excluding hydrogens is 338 g/mol. The van der Waals surface area contributed by atoms with Gasteiger partial charge in [-0.15, -0.1) is 0 Å². The zero-order chi connectivity index (χ0) is 17.6. The average Bonchev–Trinajstić information content (AvgIpc) is 2.67. The maximum atomic E-state index is 12.5. The van der Waals surface area contributed by atoms with Crippen LogP contribution in [0, 0.1) is 11.3 Å². The number of hydrogen-bond acceptors (Lipinski definition) is 5. The van der Waals surface area contributed by atoms with E-state index in [1.54, 1.807) is 11.1 Å². The van der Waals surface area contributed by atoms with Gasteiger partial charge in [-0.2, -0.15) is 5.26 Å². The maximum Gasteiger partial charge on any atom is 0.266 e. The summed E-state index contributed by atoms with van der Waals surface area (Å²) in [5.41, 5.74) is 1.33. The minimum atomic E-state index is -0.165. The largest absolute Gasteiger partial charge is 0.373 e. The molecule has 1 N–H and O–H groups in total. The summed E-state index contributed by atoms with van der Waals surface area (Å²) in [6.45, 7) is 6.07. The number of hydrogen-bond donors (Lipinski definition) is 1. The summed E-state index contributed by atoms with van der Waals surface area (Å²) < 4.78 is 0. The molecule has 0 unspecified atom stereocenters. The number of nitrogens with one attached hydrogen (secondary N) is 1. The zero-order valence-corrected chi connectivity index (χ0v) is 14.9. The predicted molar refractivity (Wildman–Crippen MR) is 98.4 cm³/mol. The lowest BCUT2D eigenvalue weighted by molar-refractivity contribution is -0.127. The van der Waals surface area contributed by atoms with Crippen molar-refractivity contribution in [3.8, 4) is 6.07 Å². The summed E-state index contributed by atoms with van der Waals surface area (Å²) in [6.07, 6.45) is 1.72. The molecule has 2 saturated heterocycles. The van der Waals surface area contributed by atoms with Crippen LogP contribution in [0.2, 0.25) is 5.02 Å². The Labute approximate surface area is 153 Å². The predicted octanol–water partition coefficient (Wildman–Crippen LogP) is 1.30. The Hall–Kier alpha value is -2.23. The van der Waals surface area contributed by atoms with E-state index in [9.17, 15) is 10.1 Å². The van der Waals surface area contributed by atoms with Gasteiger partial charge in [0.2, 0.25) is 0 Å². The molecule has 0 spiro atoms. The van der Waals surface area contributed by atoms with Gasteiger partial charge in [0.05, 0.1) is 0 Å². The van der Waals surface area contributed by atoms with Gasteiger partial charge in [-0.05, 0) is 18.2 Å². The fourth-order valence-electron chi connectivity index (χ4n) is 3.13. The van der Waals surface area contributed by atoms with E-state index in [0.29, 0.717) is 13.1 Å². The van der Waals surface area contributed by atoms with E-state index in [1.165, 1.54) is 0 Å². The highest BCUT2D eigenvalue weighted by atomic mass is 35.5. The SMILES string of the molecule is N#C/C(=C/N1CCN(c2cccc(Cl)c2)CC1)C(=O)N1CCNCC1. The first-order valence-corrected chi connectivity index (χ1v) is 8.91. The minimum absolute atomic E-state index is 0.165. The van der Waals surface area contributed by atoms with E-state index >= 15 is 0 Å². The highest BCUT2D eigenvalue weighted by Crippen LogP contribution is 2.21. The molecule has 0 saturated carbocycles. The summed E-state index contributed by atoms with van der Waals surface area (Å²) in [7, 11) is 0. The lowest BCUT2D eigenvalue weighted by Crippen LogP contribution is -2.47. The topological polar surface area (TPSA) is 62.6 Å². The van der Waals surface area contributed by atoms with Gasteiger partial charge in [-0.3, -0.25) is 4.79 Å². The van der Waals surface area contributed by atoms with Crippen LogP contribution in [0.15, 0.2) is 36.0 Å². The Morgan fingerprint density at radius 1 is 1.16 bits per heavy atom. The highest BCUT2D eigenvalue weighted by molar-refractivity contribution is 6.30. The van der Waals surface area contributed by atoms with Crippen molar-refractivity contribution in [3.63, 3.8) is 0 Å². The van der Waals surface area contributed by atoms with E-state index in [-0.39, 0.29) is 11.5 Å². The number of anilines is 1. The molecule has 25 heavy (non-hydrogen) atoms. The quantitative estimate of drug-likeness (QED) is 0.651. The molecule has 0 bridgehead atoms. The molecular formula is C18H22ClN5O. The van der Waals surface area contributed by atoms with E-state index in [4.69, 9.17) is 11.6 Å². The Morgan fingerprint density at radius 2 is 1.88 bits per heavy atom. The third-order valence-corrected chi connectivity index (χ3v) is 4.79. The Bertz CT molecular complexity index is 685. The Kier molecular flexibility index (Phi) is 5.79. The summed E-state index contributed by atoms with van der Waals surface area (Å²) in [6, 6.07) is 9.90. The van der Waals surface area contributed by atoms with Gasteiger partial charge in [-0.25, -0.2) is 0 Å². The molecule has 2 aliphatic heterocycles. The second-order valence-corrected chi connectivity index (χ2v) is 6.64. The normalized spacial score (nSPS) is 18.9. The molecule has 2 fully saturated rings. The standard InChI is InChI=1S/C18H22ClN5O/c19-16-2-1-3-17(12-16)23-10-8-22(9-11-23)14-15(13-20)18(25)24-6-4-21-5-7-24/h1-3,12,14,21H,4-11H2/b15-14-. The fraction of sp³-hybridized carbons (Fsp3) is 0.444. The lowest BCUT2D eigenvalue weighted by atomic mass is 10.2. The second-order valence-electron chi connectivity index (χ2n) is 6.20. The van der Waals surface area contributed by atoms with E-state index in [0.717, 1.165) is 50.0 Å². The number of nitrogens with zero attached hydrogens (tertiary/aromatic N) is 4. The molecule has 7 heteroatoms. The number of halogens is 1. The van der Waals surface area contributed by atoms with Crippen molar-refractivity contribution in [2.24, 2.45) is 0 Å². The number of rotatable bonds is 3. The minimum Gasteiger partial charge on any atom is -0.373 e. The van der Waals surface area contributed by atoms with Gasteiger partial charge >= 0.3 is 0 Å². The summed E-state index contributed by atoms with van der Waals surface area (Å²) in [5, 5.41) is 13.3. The van der Waals surface area contributed by atoms with Crippen LogP contribution in [0.1, 0.15) is 0 Å². The van der Waals surface area contributed by atoms with Gasteiger partial charge < -0.3 is 20.0 Å². The molecule has 132 valence electrons.